The number of hydrogen-bond acceptors (Lipinski definition) is 3. The molecule has 1 aromatic rings. The second-order valence-electron chi connectivity index (χ2n) is 6.94. The molecule has 1 atom stereocenters. The zero-order valence-corrected chi connectivity index (χ0v) is 13.6. The Kier molecular flexibility index (Phi) is 3.91. The van der Waals surface area contributed by atoms with Crippen LogP contribution in [-0.2, 0) is 6.42 Å². The maximum absolute atomic E-state index is 11.4. The fraction of sp³-hybridized carbons (Fsp3) is 0.588. The molecule has 0 bridgehead atoms. The fourth-order valence-electron chi connectivity index (χ4n) is 3.66. The van der Waals surface area contributed by atoms with Crippen LogP contribution in [0.3, 0.4) is 0 Å². The first kappa shape index (κ1) is 14.8. The summed E-state index contributed by atoms with van der Waals surface area (Å²) in [6, 6.07) is 6.26. The van der Waals surface area contributed by atoms with E-state index in [1.54, 1.807) is 6.07 Å². The molecule has 2 aliphatic rings. The van der Waals surface area contributed by atoms with Gasteiger partial charge in [0.2, 0.25) is 0 Å². The number of nitrogens with zero attached hydrogens (tertiary/aromatic N) is 1. The van der Waals surface area contributed by atoms with Crippen LogP contribution in [0.5, 0.6) is 0 Å². The second kappa shape index (κ2) is 5.56. The van der Waals surface area contributed by atoms with Crippen molar-refractivity contribution in [3.63, 3.8) is 0 Å². The fourth-order valence-corrected chi connectivity index (χ4v) is 5.02. The van der Waals surface area contributed by atoms with E-state index < -0.39 is 5.97 Å². The summed E-state index contributed by atoms with van der Waals surface area (Å²) < 4.78 is 0. The lowest BCUT2D eigenvalue weighted by molar-refractivity contribution is 0.0695. The number of benzene rings is 1. The Morgan fingerprint density at radius 1 is 1.43 bits per heavy atom. The lowest BCUT2D eigenvalue weighted by Crippen LogP contribution is -2.46. The van der Waals surface area contributed by atoms with Gasteiger partial charge < -0.3 is 10.0 Å². The highest BCUT2D eigenvalue weighted by Crippen LogP contribution is 2.39. The van der Waals surface area contributed by atoms with Crippen molar-refractivity contribution in [1.82, 2.24) is 0 Å². The van der Waals surface area contributed by atoms with E-state index in [4.69, 9.17) is 0 Å². The van der Waals surface area contributed by atoms with Crippen molar-refractivity contribution in [2.45, 2.75) is 39.2 Å². The average molecular weight is 305 g/mol. The highest BCUT2D eigenvalue weighted by molar-refractivity contribution is 7.99. The van der Waals surface area contributed by atoms with E-state index >= 15 is 0 Å². The molecule has 21 heavy (non-hydrogen) atoms. The highest BCUT2D eigenvalue weighted by atomic mass is 32.2. The van der Waals surface area contributed by atoms with Crippen molar-refractivity contribution >= 4 is 23.4 Å². The van der Waals surface area contributed by atoms with E-state index in [0.717, 1.165) is 36.4 Å². The maximum Gasteiger partial charge on any atom is 0.336 e. The van der Waals surface area contributed by atoms with Gasteiger partial charge >= 0.3 is 5.97 Å². The summed E-state index contributed by atoms with van der Waals surface area (Å²) in [5.74, 6) is 1.58. The normalized spacial score (nSPS) is 24.5. The molecule has 2 heterocycles. The molecule has 0 aromatic heterocycles. The Labute approximate surface area is 130 Å². The van der Waals surface area contributed by atoms with Crippen LogP contribution in [-0.4, -0.2) is 35.2 Å². The molecule has 114 valence electrons. The molecule has 2 aliphatic heterocycles. The predicted octanol–water partition coefficient (Wildman–Crippen LogP) is 3.67. The van der Waals surface area contributed by atoms with Crippen LogP contribution in [0, 0.1) is 5.41 Å². The summed E-state index contributed by atoms with van der Waals surface area (Å²) >= 11 is 2.03. The van der Waals surface area contributed by atoms with Crippen molar-refractivity contribution in [2.75, 3.05) is 23.0 Å². The molecule has 1 fully saturated rings. The van der Waals surface area contributed by atoms with Gasteiger partial charge in [-0.15, -0.1) is 0 Å². The van der Waals surface area contributed by atoms with E-state index in [9.17, 15) is 9.90 Å². The minimum atomic E-state index is -0.799. The quantitative estimate of drug-likeness (QED) is 0.905. The van der Waals surface area contributed by atoms with Crippen LogP contribution in [0.2, 0.25) is 0 Å². The summed E-state index contributed by atoms with van der Waals surface area (Å²) in [6.07, 6.45) is 3.13. The largest absolute Gasteiger partial charge is 0.478 e. The zero-order chi connectivity index (χ0) is 15.0. The number of thioether (sulfide) groups is 1. The Balaban J connectivity index is 1.94. The third-order valence-corrected chi connectivity index (χ3v) is 6.16. The lowest BCUT2D eigenvalue weighted by Gasteiger charge is -2.44. The minimum Gasteiger partial charge on any atom is -0.478 e. The smallest absolute Gasteiger partial charge is 0.336 e. The topological polar surface area (TPSA) is 40.5 Å². The Hall–Kier alpha value is -1.16. The van der Waals surface area contributed by atoms with Gasteiger partial charge in [-0.2, -0.15) is 11.8 Å². The van der Waals surface area contributed by atoms with Gasteiger partial charge in [-0.3, -0.25) is 0 Å². The van der Waals surface area contributed by atoms with Gasteiger partial charge in [-0.05, 0) is 48.1 Å². The number of carboxylic acid groups (broad SMARTS) is 1. The highest BCUT2D eigenvalue weighted by Gasteiger charge is 2.34. The minimum absolute atomic E-state index is 0.371. The van der Waals surface area contributed by atoms with Crippen LogP contribution in [0.4, 0.5) is 5.69 Å². The van der Waals surface area contributed by atoms with Crippen LogP contribution in [0.25, 0.3) is 0 Å². The summed E-state index contributed by atoms with van der Waals surface area (Å²) in [5, 5.41) is 9.40. The molecule has 1 aromatic carbocycles. The van der Waals surface area contributed by atoms with Gasteiger partial charge in [0.15, 0.2) is 0 Å². The van der Waals surface area contributed by atoms with Crippen LogP contribution >= 0.6 is 11.8 Å². The molecule has 4 heteroatoms. The number of fused-ring (bicyclic) bond motifs is 1. The molecule has 0 spiro atoms. The summed E-state index contributed by atoms with van der Waals surface area (Å²) in [5.41, 5.74) is 3.05. The number of anilines is 1. The summed E-state index contributed by atoms with van der Waals surface area (Å²) in [4.78, 5) is 13.9. The second-order valence-corrected chi connectivity index (χ2v) is 7.97. The van der Waals surface area contributed by atoms with Crippen molar-refractivity contribution in [3.05, 3.63) is 29.3 Å². The van der Waals surface area contributed by atoms with Gasteiger partial charge in [0.05, 0.1) is 5.56 Å². The van der Waals surface area contributed by atoms with E-state index in [-0.39, 0.29) is 0 Å². The number of carboxylic acids is 1. The lowest BCUT2D eigenvalue weighted by atomic mass is 9.86. The van der Waals surface area contributed by atoms with E-state index in [1.165, 1.54) is 12.2 Å². The third-order valence-electron chi connectivity index (χ3n) is 4.55. The number of carbonyl (C=O) groups is 1. The SMILES string of the molecule is CC1(C)CSCC(N2CCCc3c(C(=O)O)cccc32)C1. The van der Waals surface area contributed by atoms with Gasteiger partial charge in [0, 0.05) is 24.0 Å². The Morgan fingerprint density at radius 3 is 2.95 bits per heavy atom. The van der Waals surface area contributed by atoms with Crippen molar-refractivity contribution < 1.29 is 9.90 Å². The molecule has 0 amide bonds. The van der Waals surface area contributed by atoms with Gasteiger partial charge in [0.25, 0.3) is 0 Å². The van der Waals surface area contributed by atoms with Crippen molar-refractivity contribution in [2.24, 2.45) is 5.41 Å². The zero-order valence-electron chi connectivity index (χ0n) is 12.8. The van der Waals surface area contributed by atoms with E-state index in [0.29, 0.717) is 17.0 Å². The molecule has 0 radical (unpaired) electrons. The first-order chi connectivity index (χ1) is 9.98. The molecule has 0 saturated carbocycles. The molecule has 0 aliphatic carbocycles. The van der Waals surface area contributed by atoms with E-state index in [1.807, 2.05) is 17.8 Å². The van der Waals surface area contributed by atoms with Crippen molar-refractivity contribution in [3.8, 4) is 0 Å². The standard InChI is InChI=1S/C17H23NO2S/c1-17(2)9-12(10-21-11-17)18-8-4-6-13-14(16(19)20)5-3-7-15(13)18/h3,5,7,12H,4,6,8-11H2,1-2H3,(H,19,20). The van der Waals surface area contributed by atoms with Gasteiger partial charge in [-0.1, -0.05) is 19.9 Å². The predicted molar refractivity (Wildman–Crippen MR) is 88.6 cm³/mol. The Bertz CT molecular complexity index is 556. The molecule has 1 saturated heterocycles. The van der Waals surface area contributed by atoms with E-state index in [2.05, 4.69) is 24.8 Å². The molecule has 3 nitrogen and oxygen atoms in total. The first-order valence-corrected chi connectivity index (χ1v) is 8.83. The van der Waals surface area contributed by atoms with Crippen LogP contribution in [0.1, 0.15) is 42.6 Å². The van der Waals surface area contributed by atoms with Gasteiger partial charge in [-0.25, -0.2) is 4.79 Å². The maximum atomic E-state index is 11.4. The molecular formula is C17H23NO2S. The number of aromatic carboxylic acids is 1. The average Bonchev–Trinajstić information content (AvgIpc) is 2.44. The third kappa shape index (κ3) is 2.91. The molecule has 1 N–H and O–H groups in total. The van der Waals surface area contributed by atoms with Crippen LogP contribution in [0.15, 0.2) is 18.2 Å². The summed E-state index contributed by atoms with van der Waals surface area (Å²) in [7, 11) is 0. The molecular weight excluding hydrogens is 282 g/mol. The summed E-state index contributed by atoms with van der Waals surface area (Å²) in [6.45, 7) is 5.73. The first-order valence-electron chi connectivity index (χ1n) is 7.67. The molecule has 3 rings (SSSR count). The van der Waals surface area contributed by atoms with Crippen molar-refractivity contribution in [1.29, 1.82) is 0 Å². The Morgan fingerprint density at radius 2 is 2.24 bits per heavy atom. The molecule has 1 unspecified atom stereocenters. The van der Waals surface area contributed by atoms with Gasteiger partial charge in [0.1, 0.15) is 0 Å². The van der Waals surface area contributed by atoms with Crippen LogP contribution < -0.4 is 4.90 Å². The number of rotatable bonds is 2. The number of hydrogen-bond donors (Lipinski definition) is 1. The monoisotopic (exact) mass is 305 g/mol.